The number of rotatable bonds is 4. The van der Waals surface area contributed by atoms with E-state index in [0.717, 1.165) is 0 Å². The highest BCUT2D eigenvalue weighted by atomic mass is 35.5. The Balaban J connectivity index is 2.85. The van der Waals surface area contributed by atoms with Gasteiger partial charge in [0, 0.05) is 6.20 Å². The van der Waals surface area contributed by atoms with Gasteiger partial charge in [-0.3, -0.25) is 4.79 Å². The first-order chi connectivity index (χ1) is 8.88. The largest absolute Gasteiger partial charge is 0.464 e. The predicted octanol–water partition coefficient (Wildman–Crippen LogP) is 2.72. The van der Waals surface area contributed by atoms with Gasteiger partial charge in [-0.25, -0.2) is 9.78 Å². The van der Waals surface area contributed by atoms with Gasteiger partial charge in [0.25, 0.3) is 5.91 Å². The lowest BCUT2D eigenvalue weighted by molar-refractivity contribution is -0.144. The molecule has 1 aromatic rings. The third kappa shape index (κ3) is 3.96. The summed E-state index contributed by atoms with van der Waals surface area (Å²) in [5.74, 6) is -1.18. The van der Waals surface area contributed by atoms with Crippen LogP contribution in [0.4, 0.5) is 0 Å². The van der Waals surface area contributed by atoms with Crippen molar-refractivity contribution >= 4 is 46.7 Å². The first kappa shape index (κ1) is 16.0. The molecule has 1 unspecified atom stereocenters. The highest BCUT2D eigenvalue weighted by Crippen LogP contribution is 2.30. The molecular weight excluding hydrogens is 314 g/mol. The molecular formula is C11H11Cl3N2O3. The topological polar surface area (TPSA) is 68.3 Å². The maximum absolute atomic E-state index is 11.9. The molecule has 0 aliphatic rings. The van der Waals surface area contributed by atoms with Gasteiger partial charge >= 0.3 is 5.97 Å². The highest BCUT2D eigenvalue weighted by Gasteiger charge is 2.22. The Kier molecular flexibility index (Phi) is 5.85. The van der Waals surface area contributed by atoms with Crippen LogP contribution in [-0.2, 0) is 9.53 Å². The van der Waals surface area contributed by atoms with E-state index in [-0.39, 0.29) is 27.4 Å². The molecule has 1 amide bonds. The zero-order valence-corrected chi connectivity index (χ0v) is 12.4. The SMILES string of the molecule is CCOC(=O)C(C)NC(=O)c1ncc(Cl)c(Cl)c1Cl. The van der Waals surface area contributed by atoms with E-state index in [1.54, 1.807) is 6.92 Å². The van der Waals surface area contributed by atoms with Crippen LogP contribution in [0.1, 0.15) is 24.3 Å². The summed E-state index contributed by atoms with van der Waals surface area (Å²) < 4.78 is 4.76. The van der Waals surface area contributed by atoms with E-state index >= 15 is 0 Å². The van der Waals surface area contributed by atoms with Crippen LogP contribution in [0.5, 0.6) is 0 Å². The number of pyridine rings is 1. The highest BCUT2D eigenvalue weighted by molar-refractivity contribution is 6.48. The van der Waals surface area contributed by atoms with E-state index in [9.17, 15) is 9.59 Å². The minimum Gasteiger partial charge on any atom is -0.464 e. The number of ether oxygens (including phenoxy) is 1. The predicted molar refractivity (Wildman–Crippen MR) is 72.8 cm³/mol. The number of nitrogens with zero attached hydrogens (tertiary/aromatic N) is 1. The van der Waals surface area contributed by atoms with Crippen molar-refractivity contribution in [3.63, 3.8) is 0 Å². The molecule has 0 saturated carbocycles. The van der Waals surface area contributed by atoms with Crippen molar-refractivity contribution in [1.82, 2.24) is 10.3 Å². The standard InChI is InChI=1S/C11H11Cl3N2O3/c1-3-19-11(18)5(2)16-10(17)9-8(14)7(13)6(12)4-15-9/h4-5H,3H2,1-2H3,(H,16,17). The van der Waals surface area contributed by atoms with Crippen molar-refractivity contribution in [3.05, 3.63) is 27.0 Å². The second kappa shape index (κ2) is 6.93. The number of amides is 1. The Morgan fingerprint density at radius 2 is 2.00 bits per heavy atom. The summed E-state index contributed by atoms with van der Waals surface area (Å²) in [6.07, 6.45) is 1.21. The molecule has 19 heavy (non-hydrogen) atoms. The smallest absolute Gasteiger partial charge is 0.328 e. The van der Waals surface area contributed by atoms with Crippen molar-refractivity contribution in [3.8, 4) is 0 Å². The lowest BCUT2D eigenvalue weighted by Gasteiger charge is -2.13. The van der Waals surface area contributed by atoms with Crippen LogP contribution in [0, 0.1) is 0 Å². The molecule has 0 fully saturated rings. The Morgan fingerprint density at radius 3 is 2.58 bits per heavy atom. The van der Waals surface area contributed by atoms with Gasteiger partial charge in [-0.2, -0.15) is 0 Å². The molecule has 0 saturated heterocycles. The third-order valence-corrected chi connectivity index (χ3v) is 3.36. The van der Waals surface area contributed by atoms with Crippen molar-refractivity contribution in [2.24, 2.45) is 0 Å². The average Bonchev–Trinajstić information content (AvgIpc) is 2.36. The van der Waals surface area contributed by atoms with E-state index in [1.165, 1.54) is 13.1 Å². The molecule has 1 aromatic heterocycles. The molecule has 1 rings (SSSR count). The lowest BCUT2D eigenvalue weighted by atomic mass is 10.3. The zero-order chi connectivity index (χ0) is 14.6. The van der Waals surface area contributed by atoms with E-state index in [2.05, 4.69) is 10.3 Å². The van der Waals surface area contributed by atoms with Gasteiger partial charge in [-0.05, 0) is 13.8 Å². The van der Waals surface area contributed by atoms with Crippen molar-refractivity contribution in [1.29, 1.82) is 0 Å². The molecule has 0 spiro atoms. The Morgan fingerprint density at radius 1 is 1.37 bits per heavy atom. The van der Waals surface area contributed by atoms with Crippen molar-refractivity contribution in [2.75, 3.05) is 6.61 Å². The van der Waals surface area contributed by atoms with Crippen LogP contribution < -0.4 is 5.32 Å². The summed E-state index contributed by atoms with van der Waals surface area (Å²) >= 11 is 17.4. The molecule has 5 nitrogen and oxygen atoms in total. The third-order valence-electron chi connectivity index (χ3n) is 2.12. The fraction of sp³-hybridized carbons (Fsp3) is 0.364. The van der Waals surface area contributed by atoms with E-state index < -0.39 is 17.9 Å². The summed E-state index contributed by atoms with van der Waals surface area (Å²) in [7, 11) is 0. The molecule has 0 aliphatic carbocycles. The minimum atomic E-state index is -0.820. The number of aromatic nitrogens is 1. The van der Waals surface area contributed by atoms with Crippen molar-refractivity contribution < 1.29 is 14.3 Å². The second-order valence-corrected chi connectivity index (χ2v) is 4.69. The monoisotopic (exact) mass is 324 g/mol. The van der Waals surface area contributed by atoms with Crippen LogP contribution >= 0.6 is 34.8 Å². The maximum Gasteiger partial charge on any atom is 0.328 e. The molecule has 8 heteroatoms. The fourth-order valence-electron chi connectivity index (χ4n) is 1.19. The number of esters is 1. The van der Waals surface area contributed by atoms with Gasteiger partial charge in [0.1, 0.15) is 11.7 Å². The summed E-state index contributed by atoms with van der Waals surface area (Å²) in [5.41, 5.74) is -0.104. The van der Waals surface area contributed by atoms with Crippen LogP contribution in [0.15, 0.2) is 6.20 Å². The summed E-state index contributed by atoms with van der Waals surface area (Å²) in [6, 6.07) is -0.820. The van der Waals surface area contributed by atoms with E-state index in [0.29, 0.717) is 0 Å². The first-order valence-corrected chi connectivity index (χ1v) is 6.48. The van der Waals surface area contributed by atoms with Crippen LogP contribution in [0.3, 0.4) is 0 Å². The summed E-state index contributed by atoms with van der Waals surface area (Å²) in [6.45, 7) is 3.38. The van der Waals surface area contributed by atoms with Gasteiger partial charge in [0.05, 0.1) is 21.7 Å². The zero-order valence-electron chi connectivity index (χ0n) is 10.2. The summed E-state index contributed by atoms with van der Waals surface area (Å²) in [4.78, 5) is 27.0. The van der Waals surface area contributed by atoms with Crippen LogP contribution in [-0.4, -0.2) is 29.5 Å². The summed E-state index contributed by atoms with van der Waals surface area (Å²) in [5, 5.41) is 2.51. The molecule has 1 heterocycles. The number of hydrogen-bond acceptors (Lipinski definition) is 4. The number of nitrogens with one attached hydrogen (secondary N) is 1. The first-order valence-electron chi connectivity index (χ1n) is 5.35. The number of hydrogen-bond donors (Lipinski definition) is 1. The minimum absolute atomic E-state index is 0.0345. The molecule has 0 aliphatic heterocycles. The molecule has 0 radical (unpaired) electrons. The number of carbonyl (C=O) groups is 2. The molecule has 0 aromatic carbocycles. The van der Waals surface area contributed by atoms with E-state index in [4.69, 9.17) is 39.5 Å². The van der Waals surface area contributed by atoms with Crippen LogP contribution in [0.2, 0.25) is 15.1 Å². The number of carbonyl (C=O) groups excluding carboxylic acids is 2. The molecule has 1 atom stereocenters. The van der Waals surface area contributed by atoms with Crippen LogP contribution in [0.25, 0.3) is 0 Å². The second-order valence-electron chi connectivity index (χ2n) is 3.53. The molecule has 104 valence electrons. The molecule has 1 N–H and O–H groups in total. The fourth-order valence-corrected chi connectivity index (χ4v) is 1.76. The normalized spacial score (nSPS) is 11.8. The van der Waals surface area contributed by atoms with Gasteiger partial charge in [0.2, 0.25) is 0 Å². The average molecular weight is 326 g/mol. The Hall–Kier alpha value is -1.04. The maximum atomic E-state index is 11.9. The Bertz CT molecular complexity index is 508. The van der Waals surface area contributed by atoms with Crippen molar-refractivity contribution in [2.45, 2.75) is 19.9 Å². The van der Waals surface area contributed by atoms with Gasteiger partial charge < -0.3 is 10.1 Å². The van der Waals surface area contributed by atoms with Gasteiger partial charge in [-0.1, -0.05) is 34.8 Å². The van der Waals surface area contributed by atoms with E-state index in [1.807, 2.05) is 0 Å². The van der Waals surface area contributed by atoms with Gasteiger partial charge in [-0.15, -0.1) is 0 Å². The molecule has 0 bridgehead atoms. The lowest BCUT2D eigenvalue weighted by Crippen LogP contribution is -2.40. The number of halogens is 3. The quantitative estimate of drug-likeness (QED) is 0.864. The Labute approximate surface area is 125 Å². The van der Waals surface area contributed by atoms with Gasteiger partial charge in [0.15, 0.2) is 0 Å².